The Balaban J connectivity index is 2.16. The van der Waals surface area contributed by atoms with Crippen LogP contribution in [-0.2, 0) is 21.5 Å². The lowest BCUT2D eigenvalue weighted by Gasteiger charge is -2.32. The quantitative estimate of drug-likeness (QED) is 0.910. The van der Waals surface area contributed by atoms with Crippen molar-refractivity contribution in [2.45, 2.75) is 51.7 Å². The minimum atomic E-state index is -0.278. The summed E-state index contributed by atoms with van der Waals surface area (Å²) in [7, 11) is 3.07. The summed E-state index contributed by atoms with van der Waals surface area (Å²) in [4.78, 5) is 22.7. The number of aromatic nitrogens is 2. The number of hydrogen-bond donors (Lipinski definition) is 1. The van der Waals surface area contributed by atoms with Crippen LogP contribution in [0.1, 0.15) is 45.1 Å². The molecular formula is C17H28N4O3. The molecule has 1 aromatic heterocycles. The van der Waals surface area contributed by atoms with Crippen LogP contribution in [0.3, 0.4) is 0 Å². The molecule has 1 unspecified atom stereocenters. The molecule has 1 amide bonds. The molecule has 7 nitrogen and oxygen atoms in total. The molecule has 24 heavy (non-hydrogen) atoms. The Labute approximate surface area is 143 Å². The maximum absolute atomic E-state index is 11.7. The maximum Gasteiger partial charge on any atom is 0.409 e. The van der Waals surface area contributed by atoms with Crippen LogP contribution in [-0.4, -0.2) is 54.3 Å². The lowest BCUT2D eigenvalue weighted by Crippen LogP contribution is -2.45. The van der Waals surface area contributed by atoms with Crippen molar-refractivity contribution in [3.05, 3.63) is 17.6 Å². The van der Waals surface area contributed by atoms with E-state index in [0.29, 0.717) is 13.2 Å². The molecule has 0 spiro atoms. The van der Waals surface area contributed by atoms with Crippen LogP contribution >= 0.6 is 0 Å². The van der Waals surface area contributed by atoms with Crippen molar-refractivity contribution in [1.29, 1.82) is 0 Å². The van der Waals surface area contributed by atoms with Gasteiger partial charge < -0.3 is 19.7 Å². The Kier molecular flexibility index (Phi) is 5.99. The van der Waals surface area contributed by atoms with E-state index in [1.54, 1.807) is 12.0 Å². The lowest BCUT2D eigenvalue weighted by molar-refractivity contribution is 0.113. The van der Waals surface area contributed by atoms with Gasteiger partial charge in [0.25, 0.3) is 0 Å². The first-order chi connectivity index (χ1) is 11.3. The molecule has 2 heterocycles. The number of likely N-dealkylation sites (tertiary alicyclic amines) is 1. The van der Waals surface area contributed by atoms with E-state index < -0.39 is 0 Å². The van der Waals surface area contributed by atoms with Gasteiger partial charge in [-0.1, -0.05) is 20.8 Å². The second-order valence-corrected chi connectivity index (χ2v) is 7.15. The highest BCUT2D eigenvalue weighted by Gasteiger charge is 2.25. The summed E-state index contributed by atoms with van der Waals surface area (Å²) in [6.07, 6.45) is 1.65. The molecule has 1 aliphatic heterocycles. The zero-order valence-electron chi connectivity index (χ0n) is 15.3. The monoisotopic (exact) mass is 336 g/mol. The van der Waals surface area contributed by atoms with Gasteiger partial charge in [0.1, 0.15) is 11.6 Å². The predicted molar refractivity (Wildman–Crippen MR) is 92.1 cm³/mol. The zero-order chi connectivity index (χ0) is 17.7. The molecule has 1 aliphatic rings. The Morgan fingerprint density at radius 1 is 1.38 bits per heavy atom. The van der Waals surface area contributed by atoms with Crippen LogP contribution in [0.5, 0.6) is 0 Å². The van der Waals surface area contributed by atoms with Crippen LogP contribution in [0.2, 0.25) is 0 Å². The van der Waals surface area contributed by atoms with Gasteiger partial charge in [-0.05, 0) is 12.8 Å². The second kappa shape index (κ2) is 7.79. The summed E-state index contributed by atoms with van der Waals surface area (Å²) in [5.74, 6) is 1.55. The van der Waals surface area contributed by atoms with Gasteiger partial charge in [-0.2, -0.15) is 0 Å². The summed E-state index contributed by atoms with van der Waals surface area (Å²) in [6, 6.07) is 2.06. The molecule has 1 atom stereocenters. The molecule has 1 saturated heterocycles. The largest absolute Gasteiger partial charge is 0.453 e. The van der Waals surface area contributed by atoms with Gasteiger partial charge in [-0.3, -0.25) is 0 Å². The number of rotatable bonds is 4. The summed E-state index contributed by atoms with van der Waals surface area (Å²) < 4.78 is 10.0. The fraction of sp³-hybridized carbons (Fsp3) is 0.706. The number of hydrogen-bond acceptors (Lipinski definition) is 6. The number of methoxy groups -OCH3 is 2. The third-order valence-electron chi connectivity index (χ3n) is 3.95. The average molecular weight is 336 g/mol. The van der Waals surface area contributed by atoms with Crippen LogP contribution in [0.15, 0.2) is 6.07 Å². The molecule has 0 saturated carbocycles. The van der Waals surface area contributed by atoms with E-state index in [1.807, 2.05) is 6.07 Å². The van der Waals surface area contributed by atoms with Crippen molar-refractivity contribution in [2.24, 2.45) is 0 Å². The van der Waals surface area contributed by atoms with Gasteiger partial charge in [0, 0.05) is 37.7 Å². The predicted octanol–water partition coefficient (Wildman–Crippen LogP) is 2.56. The minimum Gasteiger partial charge on any atom is -0.453 e. The topological polar surface area (TPSA) is 76.6 Å². The highest BCUT2D eigenvalue weighted by Crippen LogP contribution is 2.22. The highest BCUT2D eigenvalue weighted by molar-refractivity contribution is 5.67. The Morgan fingerprint density at radius 2 is 2.12 bits per heavy atom. The van der Waals surface area contributed by atoms with Crippen LogP contribution in [0.25, 0.3) is 0 Å². The smallest absolute Gasteiger partial charge is 0.409 e. The van der Waals surface area contributed by atoms with Crippen LogP contribution in [0.4, 0.5) is 10.6 Å². The number of carbonyl (C=O) groups is 1. The van der Waals surface area contributed by atoms with E-state index in [2.05, 4.69) is 36.1 Å². The van der Waals surface area contributed by atoms with Crippen molar-refractivity contribution >= 4 is 11.9 Å². The SMILES string of the molecule is COCc1cc(NC2CCCN(C(=O)OC)C2)nc(C(C)(C)C)n1. The first-order valence-electron chi connectivity index (χ1n) is 8.30. The molecule has 134 valence electrons. The number of ether oxygens (including phenoxy) is 2. The Bertz CT molecular complexity index is 571. The van der Waals surface area contributed by atoms with E-state index in [9.17, 15) is 4.79 Å². The summed E-state index contributed by atoms with van der Waals surface area (Å²) in [5, 5.41) is 3.44. The van der Waals surface area contributed by atoms with Gasteiger partial charge in [0.15, 0.2) is 0 Å². The van der Waals surface area contributed by atoms with Gasteiger partial charge in [0.05, 0.1) is 19.4 Å². The summed E-state index contributed by atoms with van der Waals surface area (Å²) >= 11 is 0. The first kappa shape index (κ1) is 18.4. The average Bonchev–Trinajstić information content (AvgIpc) is 2.53. The Morgan fingerprint density at radius 3 is 2.75 bits per heavy atom. The maximum atomic E-state index is 11.7. The van der Waals surface area contributed by atoms with Gasteiger partial charge in [-0.15, -0.1) is 0 Å². The van der Waals surface area contributed by atoms with Crippen molar-refractivity contribution in [1.82, 2.24) is 14.9 Å². The van der Waals surface area contributed by atoms with E-state index in [-0.39, 0.29) is 17.6 Å². The molecule has 1 N–H and O–H groups in total. The molecule has 1 fully saturated rings. The van der Waals surface area contributed by atoms with Crippen molar-refractivity contribution in [3.8, 4) is 0 Å². The number of piperidine rings is 1. The van der Waals surface area contributed by atoms with Crippen LogP contribution in [0, 0.1) is 0 Å². The number of nitrogens with one attached hydrogen (secondary N) is 1. The second-order valence-electron chi connectivity index (χ2n) is 7.15. The van der Waals surface area contributed by atoms with Gasteiger partial charge in [-0.25, -0.2) is 14.8 Å². The standard InChI is InChI=1S/C17H28N4O3/c1-17(2,3)15-19-13(11-23-4)9-14(20-15)18-12-7-6-8-21(10-12)16(22)24-5/h9,12H,6-8,10-11H2,1-5H3,(H,18,19,20). The molecule has 2 rings (SSSR count). The van der Waals surface area contributed by atoms with E-state index in [4.69, 9.17) is 9.47 Å². The van der Waals surface area contributed by atoms with E-state index in [0.717, 1.165) is 36.7 Å². The number of amides is 1. The molecule has 0 radical (unpaired) electrons. The van der Waals surface area contributed by atoms with Crippen molar-refractivity contribution in [3.63, 3.8) is 0 Å². The third kappa shape index (κ3) is 4.80. The molecule has 1 aromatic rings. The third-order valence-corrected chi connectivity index (χ3v) is 3.95. The molecule has 0 aliphatic carbocycles. The summed E-state index contributed by atoms with van der Waals surface area (Å²) in [6.45, 7) is 8.05. The molecule has 0 aromatic carbocycles. The lowest BCUT2D eigenvalue weighted by atomic mass is 9.95. The fourth-order valence-corrected chi connectivity index (χ4v) is 2.73. The van der Waals surface area contributed by atoms with E-state index >= 15 is 0 Å². The van der Waals surface area contributed by atoms with E-state index in [1.165, 1.54) is 7.11 Å². The summed E-state index contributed by atoms with van der Waals surface area (Å²) in [5.41, 5.74) is 0.700. The van der Waals surface area contributed by atoms with Gasteiger partial charge >= 0.3 is 6.09 Å². The first-order valence-corrected chi connectivity index (χ1v) is 8.30. The number of carbonyl (C=O) groups excluding carboxylic acids is 1. The van der Waals surface area contributed by atoms with Crippen LogP contribution < -0.4 is 5.32 Å². The number of nitrogens with zero attached hydrogens (tertiary/aromatic N) is 3. The molecule has 7 heteroatoms. The van der Waals surface area contributed by atoms with Gasteiger partial charge in [0.2, 0.25) is 0 Å². The van der Waals surface area contributed by atoms with Crippen molar-refractivity contribution in [2.75, 3.05) is 32.6 Å². The minimum absolute atomic E-state index is 0.148. The zero-order valence-corrected chi connectivity index (χ0v) is 15.3. The van der Waals surface area contributed by atoms with Crippen molar-refractivity contribution < 1.29 is 14.3 Å². The normalized spacial score (nSPS) is 18.4. The Hall–Kier alpha value is -1.89. The highest BCUT2D eigenvalue weighted by atomic mass is 16.5. The fourth-order valence-electron chi connectivity index (χ4n) is 2.73. The molecular weight excluding hydrogens is 308 g/mol. The molecule has 0 bridgehead atoms. The number of anilines is 1.